The van der Waals surface area contributed by atoms with Crippen molar-refractivity contribution in [3.63, 3.8) is 0 Å². The number of rotatable bonds is 4. The van der Waals surface area contributed by atoms with Gasteiger partial charge in [-0.15, -0.1) is 0 Å². The van der Waals surface area contributed by atoms with Crippen LogP contribution in [0.3, 0.4) is 0 Å². The van der Waals surface area contributed by atoms with Gasteiger partial charge in [0.1, 0.15) is 11.2 Å². The van der Waals surface area contributed by atoms with E-state index in [1.54, 1.807) is 0 Å². The molecule has 63 heavy (non-hydrogen) atoms. The second-order valence-corrected chi connectivity index (χ2v) is 16.5. The highest BCUT2D eigenvalue weighted by atomic mass is 16.3. The van der Waals surface area contributed by atoms with E-state index in [2.05, 4.69) is 179 Å². The lowest BCUT2D eigenvalue weighted by atomic mass is 10.0. The first-order valence-electron chi connectivity index (χ1n) is 21.4. The summed E-state index contributed by atoms with van der Waals surface area (Å²) in [6, 6.07) is 73.8. The molecule has 0 bridgehead atoms. The Morgan fingerprint density at radius 1 is 0.333 bits per heavy atom. The van der Waals surface area contributed by atoms with Gasteiger partial charge in [-0.3, -0.25) is 0 Å². The van der Waals surface area contributed by atoms with Gasteiger partial charge in [-0.2, -0.15) is 0 Å². The van der Waals surface area contributed by atoms with E-state index in [9.17, 15) is 0 Å². The molecule has 4 heterocycles. The fraction of sp³-hybridized carbons (Fsp3) is 0. The number of furan rings is 1. The maximum Gasteiger partial charge on any atom is 0.135 e. The molecule has 292 valence electrons. The van der Waals surface area contributed by atoms with Gasteiger partial charge < -0.3 is 13.6 Å². The highest BCUT2D eigenvalue weighted by molar-refractivity contribution is 6.23. The first-order chi connectivity index (χ1) is 31.2. The standard InChI is InChI=1S/C58H34N4O/c1-2-14-37-33-51-45(31-36(37)13-1)42-17-5-10-22-49(42)62(51)58-41-16-4-3-15-38(41)34-52-55(58)44-19-6-11-23-50(44)61(52)40-28-25-35(26-29-40)56-57(60-48-21-9-8-20-47(48)59-56)39-27-30-54-46(32-39)43-18-7-12-24-53(43)63-54/h1-34H. The zero-order valence-corrected chi connectivity index (χ0v) is 33.8. The summed E-state index contributed by atoms with van der Waals surface area (Å²) in [5.74, 6) is 0. The van der Waals surface area contributed by atoms with E-state index in [4.69, 9.17) is 14.4 Å². The summed E-state index contributed by atoms with van der Waals surface area (Å²) < 4.78 is 11.2. The van der Waals surface area contributed by atoms with E-state index in [0.717, 1.165) is 72.2 Å². The van der Waals surface area contributed by atoms with Crippen molar-refractivity contribution in [2.75, 3.05) is 0 Å². The summed E-state index contributed by atoms with van der Waals surface area (Å²) in [5, 5.41) is 11.9. The van der Waals surface area contributed by atoms with Crippen LogP contribution in [0.2, 0.25) is 0 Å². The quantitative estimate of drug-likeness (QED) is 0.178. The van der Waals surface area contributed by atoms with E-state index >= 15 is 0 Å². The fourth-order valence-corrected chi connectivity index (χ4v) is 10.2. The van der Waals surface area contributed by atoms with Gasteiger partial charge in [-0.1, -0.05) is 127 Å². The Morgan fingerprint density at radius 2 is 0.889 bits per heavy atom. The lowest BCUT2D eigenvalue weighted by Gasteiger charge is -2.16. The molecule has 14 rings (SSSR count). The molecule has 0 fully saturated rings. The second kappa shape index (κ2) is 13.0. The summed E-state index contributed by atoms with van der Waals surface area (Å²) in [6.07, 6.45) is 0. The van der Waals surface area contributed by atoms with E-state index in [1.807, 2.05) is 36.4 Å². The first kappa shape index (κ1) is 34.2. The number of hydrogen-bond donors (Lipinski definition) is 0. The summed E-state index contributed by atoms with van der Waals surface area (Å²) >= 11 is 0. The first-order valence-corrected chi connectivity index (χ1v) is 21.4. The summed E-state index contributed by atoms with van der Waals surface area (Å²) in [5.41, 5.74) is 14.0. The molecule has 5 nitrogen and oxygen atoms in total. The van der Waals surface area contributed by atoms with Gasteiger partial charge in [-0.25, -0.2) is 9.97 Å². The molecular formula is C58H34N4O. The van der Waals surface area contributed by atoms with Gasteiger partial charge in [0.15, 0.2) is 0 Å². The van der Waals surface area contributed by atoms with Gasteiger partial charge in [-0.05, 0) is 95.0 Å². The van der Waals surface area contributed by atoms with Gasteiger partial charge in [0.25, 0.3) is 0 Å². The molecular weight excluding hydrogens is 769 g/mol. The number of aromatic nitrogens is 4. The van der Waals surface area contributed by atoms with Crippen LogP contribution in [0.25, 0.3) is 132 Å². The third kappa shape index (κ3) is 4.99. The fourth-order valence-electron chi connectivity index (χ4n) is 10.2. The Labute approximate surface area is 360 Å². The Morgan fingerprint density at radius 3 is 1.67 bits per heavy atom. The van der Waals surface area contributed by atoms with Gasteiger partial charge in [0.2, 0.25) is 0 Å². The van der Waals surface area contributed by atoms with Crippen molar-refractivity contribution in [3.05, 3.63) is 206 Å². The Kier molecular flexibility index (Phi) is 7.05. The van der Waals surface area contributed by atoms with E-state index in [-0.39, 0.29) is 0 Å². The largest absolute Gasteiger partial charge is 0.456 e. The topological polar surface area (TPSA) is 48.8 Å². The Hall–Kier alpha value is -8.54. The van der Waals surface area contributed by atoms with Crippen LogP contribution in [0.15, 0.2) is 211 Å². The van der Waals surface area contributed by atoms with Crippen molar-refractivity contribution < 1.29 is 4.42 Å². The van der Waals surface area contributed by atoms with Gasteiger partial charge >= 0.3 is 0 Å². The molecule has 0 spiro atoms. The Bertz CT molecular complexity index is 4210. The minimum absolute atomic E-state index is 0.834. The predicted molar refractivity (Wildman–Crippen MR) is 261 cm³/mol. The predicted octanol–water partition coefficient (Wildman–Crippen LogP) is 15.4. The average molecular weight is 803 g/mol. The summed E-state index contributed by atoms with van der Waals surface area (Å²) in [6.45, 7) is 0. The average Bonchev–Trinajstić information content (AvgIpc) is 3.99. The highest BCUT2D eigenvalue weighted by Crippen LogP contribution is 2.45. The molecule has 0 aliphatic rings. The monoisotopic (exact) mass is 802 g/mol. The zero-order chi connectivity index (χ0) is 41.2. The summed E-state index contributed by atoms with van der Waals surface area (Å²) in [4.78, 5) is 10.6. The van der Waals surface area contributed by atoms with Crippen LogP contribution in [-0.4, -0.2) is 19.1 Å². The molecule has 0 aliphatic carbocycles. The number of nitrogens with zero attached hydrogens (tertiary/aromatic N) is 4. The molecule has 0 aliphatic heterocycles. The summed E-state index contributed by atoms with van der Waals surface area (Å²) in [7, 11) is 0. The second-order valence-electron chi connectivity index (χ2n) is 16.5. The van der Waals surface area contributed by atoms with Crippen LogP contribution >= 0.6 is 0 Å². The minimum Gasteiger partial charge on any atom is -0.456 e. The Balaban J connectivity index is 1.01. The van der Waals surface area contributed by atoms with E-state index < -0.39 is 0 Å². The molecule has 0 atom stereocenters. The van der Waals surface area contributed by atoms with Gasteiger partial charge in [0.05, 0.1) is 50.2 Å². The minimum atomic E-state index is 0.834. The number of para-hydroxylation sites is 5. The van der Waals surface area contributed by atoms with E-state index in [1.165, 1.54) is 59.8 Å². The smallest absolute Gasteiger partial charge is 0.135 e. The zero-order valence-electron chi connectivity index (χ0n) is 33.8. The van der Waals surface area contributed by atoms with Crippen LogP contribution in [0.1, 0.15) is 0 Å². The SMILES string of the molecule is c1ccc2cc3c(cc2c1)c1ccccc1n3-c1c2ccccc2cc2c1c1ccccc1n2-c1ccc(-c2nc3ccccc3nc2-c2ccc3oc4ccccc4c3c2)cc1. The molecule has 0 saturated heterocycles. The van der Waals surface area contributed by atoms with Crippen LogP contribution in [0, 0.1) is 0 Å². The van der Waals surface area contributed by atoms with Crippen LogP contribution in [0.5, 0.6) is 0 Å². The highest BCUT2D eigenvalue weighted by Gasteiger charge is 2.23. The molecule has 5 heteroatoms. The molecule has 0 amide bonds. The van der Waals surface area contributed by atoms with Crippen molar-refractivity contribution in [1.82, 2.24) is 19.1 Å². The molecule has 4 aromatic heterocycles. The number of fused-ring (bicyclic) bond motifs is 12. The molecule has 14 aromatic rings. The van der Waals surface area contributed by atoms with Crippen molar-refractivity contribution in [3.8, 4) is 33.9 Å². The van der Waals surface area contributed by atoms with Crippen molar-refractivity contribution in [2.45, 2.75) is 0 Å². The maximum absolute atomic E-state index is 6.20. The van der Waals surface area contributed by atoms with Crippen molar-refractivity contribution in [2.24, 2.45) is 0 Å². The lowest BCUT2D eigenvalue weighted by Crippen LogP contribution is -1.99. The van der Waals surface area contributed by atoms with E-state index in [0.29, 0.717) is 0 Å². The maximum atomic E-state index is 6.20. The number of hydrogen-bond acceptors (Lipinski definition) is 3. The molecule has 0 saturated carbocycles. The van der Waals surface area contributed by atoms with Crippen molar-refractivity contribution >= 4 is 98.1 Å². The van der Waals surface area contributed by atoms with Crippen LogP contribution in [-0.2, 0) is 0 Å². The van der Waals surface area contributed by atoms with Crippen LogP contribution in [0.4, 0.5) is 0 Å². The van der Waals surface area contributed by atoms with Gasteiger partial charge in [0, 0.05) is 54.5 Å². The third-order valence-electron chi connectivity index (χ3n) is 13.0. The van der Waals surface area contributed by atoms with Crippen molar-refractivity contribution in [1.29, 1.82) is 0 Å². The lowest BCUT2D eigenvalue weighted by molar-refractivity contribution is 0.669. The van der Waals surface area contributed by atoms with Crippen LogP contribution < -0.4 is 0 Å². The molecule has 0 N–H and O–H groups in total. The molecule has 10 aromatic carbocycles. The molecule has 0 unspecified atom stereocenters. The number of benzene rings is 10. The molecule has 0 radical (unpaired) electrons. The normalized spacial score (nSPS) is 12.1. The third-order valence-corrected chi connectivity index (χ3v) is 13.0.